The van der Waals surface area contributed by atoms with Gasteiger partial charge in [-0.25, -0.2) is 22.7 Å². The number of aryl methyl sites for hydroxylation is 1. The molecule has 0 bridgehead atoms. The Bertz CT molecular complexity index is 789. The normalized spacial score (nSPS) is 19.8. The molecule has 0 radical (unpaired) electrons. The molecule has 0 unspecified atom stereocenters. The molecular formula is C14H19N5O3S. The quantitative estimate of drug-likeness (QED) is 0.830. The maximum Gasteiger partial charge on any atom is 0.251 e. The van der Waals surface area contributed by atoms with E-state index < -0.39 is 10.0 Å². The minimum atomic E-state index is -3.19. The predicted molar refractivity (Wildman–Crippen MR) is 83.1 cm³/mol. The Morgan fingerprint density at radius 2 is 2.22 bits per heavy atom. The molecule has 0 N–H and O–H groups in total. The van der Waals surface area contributed by atoms with Gasteiger partial charge in [-0.05, 0) is 26.7 Å². The molecule has 1 aliphatic heterocycles. The predicted octanol–water partition coefficient (Wildman–Crippen LogP) is 1.36. The van der Waals surface area contributed by atoms with Gasteiger partial charge >= 0.3 is 0 Å². The van der Waals surface area contributed by atoms with Crippen LogP contribution >= 0.6 is 0 Å². The van der Waals surface area contributed by atoms with Crippen molar-refractivity contribution in [1.29, 1.82) is 0 Å². The van der Waals surface area contributed by atoms with Gasteiger partial charge in [-0.15, -0.1) is 10.2 Å². The van der Waals surface area contributed by atoms with Crippen LogP contribution in [0.3, 0.4) is 0 Å². The molecule has 1 atom stereocenters. The van der Waals surface area contributed by atoms with E-state index in [2.05, 4.69) is 20.2 Å². The van der Waals surface area contributed by atoms with Crippen LogP contribution in [0, 0.1) is 6.92 Å². The molecule has 2 aromatic heterocycles. The van der Waals surface area contributed by atoms with Crippen molar-refractivity contribution >= 4 is 10.0 Å². The second kappa shape index (κ2) is 6.32. The molecule has 2 aromatic rings. The zero-order valence-corrected chi connectivity index (χ0v) is 14.0. The third-order valence-corrected chi connectivity index (χ3v) is 5.92. The zero-order chi connectivity index (χ0) is 16.4. The van der Waals surface area contributed by atoms with Gasteiger partial charge in [0.25, 0.3) is 5.89 Å². The average molecular weight is 337 g/mol. The van der Waals surface area contributed by atoms with Gasteiger partial charge in [0.2, 0.25) is 15.9 Å². The molecule has 0 amide bonds. The van der Waals surface area contributed by atoms with E-state index in [0.29, 0.717) is 30.4 Å². The lowest BCUT2D eigenvalue weighted by molar-refractivity contribution is 0.286. The summed E-state index contributed by atoms with van der Waals surface area (Å²) in [5.41, 5.74) is 1.45. The van der Waals surface area contributed by atoms with Gasteiger partial charge in [0, 0.05) is 19.3 Å². The molecule has 3 rings (SSSR count). The fourth-order valence-electron chi connectivity index (χ4n) is 2.69. The molecule has 0 saturated carbocycles. The topological polar surface area (TPSA) is 102 Å². The van der Waals surface area contributed by atoms with E-state index in [-0.39, 0.29) is 11.7 Å². The molecule has 1 aliphatic rings. The van der Waals surface area contributed by atoms with Gasteiger partial charge in [0.05, 0.1) is 22.9 Å². The van der Waals surface area contributed by atoms with Crippen molar-refractivity contribution in [1.82, 2.24) is 24.5 Å². The van der Waals surface area contributed by atoms with Crippen LogP contribution < -0.4 is 0 Å². The van der Waals surface area contributed by atoms with Gasteiger partial charge in [0.15, 0.2) is 0 Å². The molecule has 1 saturated heterocycles. The number of rotatable bonds is 4. The standard InChI is InChI=1S/C14H19N5O3S/c1-3-23(20,21)19-6-4-5-11(8-19)13-17-18-14(22-13)12-7-15-9-16-10(12)2/h7,9,11H,3-6,8H2,1-2H3/t11-/m1/s1. The van der Waals surface area contributed by atoms with E-state index >= 15 is 0 Å². The van der Waals surface area contributed by atoms with Crippen LogP contribution in [0.2, 0.25) is 0 Å². The van der Waals surface area contributed by atoms with Crippen LogP contribution in [0.25, 0.3) is 11.5 Å². The highest BCUT2D eigenvalue weighted by atomic mass is 32.2. The van der Waals surface area contributed by atoms with Crippen LogP contribution in [-0.4, -0.2) is 51.7 Å². The van der Waals surface area contributed by atoms with Crippen molar-refractivity contribution in [2.24, 2.45) is 0 Å². The number of sulfonamides is 1. The molecule has 0 aromatic carbocycles. The third-order valence-electron chi connectivity index (χ3n) is 4.07. The highest BCUT2D eigenvalue weighted by Gasteiger charge is 2.31. The zero-order valence-electron chi connectivity index (χ0n) is 13.1. The Kier molecular flexibility index (Phi) is 4.40. The first-order valence-corrected chi connectivity index (χ1v) is 9.20. The molecule has 9 heteroatoms. The minimum absolute atomic E-state index is 0.0729. The highest BCUT2D eigenvalue weighted by Crippen LogP contribution is 2.29. The van der Waals surface area contributed by atoms with E-state index in [1.807, 2.05) is 6.92 Å². The van der Waals surface area contributed by atoms with Gasteiger partial charge in [-0.3, -0.25) is 0 Å². The molecular weight excluding hydrogens is 318 g/mol. The Morgan fingerprint density at radius 3 is 2.96 bits per heavy atom. The van der Waals surface area contributed by atoms with Crippen molar-refractivity contribution in [3.8, 4) is 11.5 Å². The van der Waals surface area contributed by atoms with E-state index in [1.54, 1.807) is 13.1 Å². The Morgan fingerprint density at radius 1 is 1.39 bits per heavy atom. The largest absolute Gasteiger partial charge is 0.420 e. The molecule has 8 nitrogen and oxygen atoms in total. The van der Waals surface area contributed by atoms with Gasteiger partial charge in [0.1, 0.15) is 6.33 Å². The summed E-state index contributed by atoms with van der Waals surface area (Å²) in [5, 5.41) is 8.17. The maximum absolute atomic E-state index is 12.0. The van der Waals surface area contributed by atoms with Crippen LogP contribution in [0.15, 0.2) is 16.9 Å². The van der Waals surface area contributed by atoms with Gasteiger partial charge in [-0.1, -0.05) is 0 Å². The first-order chi connectivity index (χ1) is 11.0. The number of nitrogens with zero attached hydrogens (tertiary/aromatic N) is 5. The summed E-state index contributed by atoms with van der Waals surface area (Å²) in [4.78, 5) is 8.08. The number of hydrogen-bond acceptors (Lipinski definition) is 7. The van der Waals surface area contributed by atoms with Crippen LogP contribution in [0.5, 0.6) is 0 Å². The maximum atomic E-state index is 12.0. The van der Waals surface area contributed by atoms with Crippen molar-refractivity contribution < 1.29 is 12.8 Å². The van der Waals surface area contributed by atoms with Crippen molar-refractivity contribution in [3.63, 3.8) is 0 Å². The number of piperidine rings is 1. The minimum Gasteiger partial charge on any atom is -0.420 e. The molecule has 23 heavy (non-hydrogen) atoms. The monoisotopic (exact) mass is 337 g/mol. The molecule has 0 aliphatic carbocycles. The Hall–Kier alpha value is -1.87. The summed E-state index contributed by atoms with van der Waals surface area (Å²) in [6.45, 7) is 4.44. The summed E-state index contributed by atoms with van der Waals surface area (Å²) < 4.78 is 31.4. The molecule has 3 heterocycles. The summed E-state index contributed by atoms with van der Waals surface area (Å²) in [6.07, 6.45) is 4.72. The van der Waals surface area contributed by atoms with Gasteiger partial charge in [-0.2, -0.15) is 0 Å². The Balaban J connectivity index is 1.82. The van der Waals surface area contributed by atoms with E-state index in [4.69, 9.17) is 4.42 Å². The van der Waals surface area contributed by atoms with Crippen molar-refractivity contribution in [2.75, 3.05) is 18.8 Å². The molecule has 0 spiro atoms. The van der Waals surface area contributed by atoms with E-state index in [1.165, 1.54) is 10.6 Å². The highest BCUT2D eigenvalue weighted by molar-refractivity contribution is 7.89. The van der Waals surface area contributed by atoms with Crippen molar-refractivity contribution in [3.05, 3.63) is 24.1 Å². The van der Waals surface area contributed by atoms with E-state index in [0.717, 1.165) is 18.5 Å². The molecule has 1 fully saturated rings. The Labute approximate surface area is 135 Å². The lowest BCUT2D eigenvalue weighted by Crippen LogP contribution is -2.39. The van der Waals surface area contributed by atoms with Crippen molar-refractivity contribution in [2.45, 2.75) is 32.6 Å². The van der Waals surface area contributed by atoms with Gasteiger partial charge < -0.3 is 4.42 Å². The van der Waals surface area contributed by atoms with Crippen LogP contribution in [-0.2, 0) is 10.0 Å². The van der Waals surface area contributed by atoms with Crippen LogP contribution in [0.1, 0.15) is 37.3 Å². The average Bonchev–Trinajstić information content (AvgIpc) is 3.05. The first-order valence-electron chi connectivity index (χ1n) is 7.59. The number of aromatic nitrogens is 4. The summed E-state index contributed by atoms with van der Waals surface area (Å²) in [6, 6.07) is 0. The fourth-order valence-corrected chi connectivity index (χ4v) is 3.87. The van der Waals surface area contributed by atoms with E-state index in [9.17, 15) is 8.42 Å². The SMILES string of the molecule is CCS(=O)(=O)N1CCC[C@@H](c2nnc(-c3cncnc3C)o2)C1. The number of hydrogen-bond donors (Lipinski definition) is 0. The second-order valence-electron chi connectivity index (χ2n) is 5.57. The lowest BCUT2D eigenvalue weighted by Gasteiger charge is -2.29. The fraction of sp³-hybridized carbons (Fsp3) is 0.571. The third kappa shape index (κ3) is 3.25. The smallest absolute Gasteiger partial charge is 0.251 e. The molecule has 124 valence electrons. The summed E-state index contributed by atoms with van der Waals surface area (Å²) >= 11 is 0. The summed E-state index contributed by atoms with van der Waals surface area (Å²) in [7, 11) is -3.19. The lowest BCUT2D eigenvalue weighted by atomic mass is 10.00. The van der Waals surface area contributed by atoms with Crippen LogP contribution in [0.4, 0.5) is 0 Å². The second-order valence-corrected chi connectivity index (χ2v) is 7.82. The summed E-state index contributed by atoms with van der Waals surface area (Å²) in [5.74, 6) is 0.874. The first kappa shape index (κ1) is 16.0.